The summed E-state index contributed by atoms with van der Waals surface area (Å²) in [6.45, 7) is 0.976. The number of halogens is 4. The number of rotatable bonds is 12. The van der Waals surface area contributed by atoms with Crippen LogP contribution in [0.2, 0.25) is 5.02 Å². The molecule has 236 valence electrons. The predicted octanol–water partition coefficient (Wildman–Crippen LogP) is 6.33. The highest BCUT2D eigenvalue weighted by molar-refractivity contribution is 7.92. The van der Waals surface area contributed by atoms with E-state index in [2.05, 4.69) is 5.32 Å². The van der Waals surface area contributed by atoms with Crippen LogP contribution in [0, 0.1) is 0 Å². The highest BCUT2D eigenvalue weighted by Gasteiger charge is 2.36. The maximum Gasteiger partial charge on any atom is 0.416 e. The lowest BCUT2D eigenvalue weighted by Gasteiger charge is -2.34. The van der Waals surface area contributed by atoms with E-state index < -0.39 is 46.2 Å². The predicted molar refractivity (Wildman–Crippen MR) is 167 cm³/mol. The van der Waals surface area contributed by atoms with Gasteiger partial charge in [-0.1, -0.05) is 78.3 Å². The normalized spacial score (nSPS) is 12.3. The quantitative estimate of drug-likeness (QED) is 0.193. The van der Waals surface area contributed by atoms with Gasteiger partial charge >= 0.3 is 6.18 Å². The van der Waals surface area contributed by atoms with Gasteiger partial charge in [0.25, 0.3) is 10.0 Å². The molecule has 0 heterocycles. The first-order chi connectivity index (χ1) is 21.4. The Bertz CT molecular complexity index is 1720. The lowest BCUT2D eigenvalue weighted by Crippen LogP contribution is -2.53. The van der Waals surface area contributed by atoms with Crippen molar-refractivity contribution in [2.24, 2.45) is 0 Å². The number of hydrogen-bond donors (Lipinski definition) is 1. The van der Waals surface area contributed by atoms with Crippen LogP contribution in [0.3, 0.4) is 0 Å². The molecule has 4 aromatic carbocycles. The van der Waals surface area contributed by atoms with E-state index in [-0.39, 0.29) is 30.1 Å². The summed E-state index contributed by atoms with van der Waals surface area (Å²) in [7, 11) is -4.54. The Kier molecular flexibility index (Phi) is 10.9. The fourth-order valence-corrected chi connectivity index (χ4v) is 6.40. The molecule has 4 rings (SSSR count). The van der Waals surface area contributed by atoms with E-state index in [4.69, 9.17) is 11.6 Å². The third kappa shape index (κ3) is 8.64. The smallest absolute Gasteiger partial charge is 0.355 e. The van der Waals surface area contributed by atoms with Crippen LogP contribution < -0.4 is 9.62 Å². The molecule has 45 heavy (non-hydrogen) atoms. The summed E-state index contributed by atoms with van der Waals surface area (Å²) in [4.78, 5) is 28.8. The number of hydrogen-bond acceptors (Lipinski definition) is 4. The second kappa shape index (κ2) is 14.6. The number of carbonyl (C=O) groups is 2. The van der Waals surface area contributed by atoms with Gasteiger partial charge in [-0.3, -0.25) is 13.9 Å². The average Bonchev–Trinajstić information content (AvgIpc) is 3.02. The summed E-state index contributed by atoms with van der Waals surface area (Å²) >= 11 is 6.21. The van der Waals surface area contributed by atoms with Crippen LogP contribution in [0.4, 0.5) is 18.9 Å². The Labute approximate surface area is 265 Å². The number of carbonyl (C=O) groups excluding carboxylic acids is 2. The summed E-state index contributed by atoms with van der Waals surface area (Å²) in [5, 5.41) is 3.13. The van der Waals surface area contributed by atoms with Crippen molar-refractivity contribution in [1.29, 1.82) is 0 Å². The Morgan fingerprint density at radius 2 is 1.47 bits per heavy atom. The standard InChI is InChI=1S/C33H31ClF3N3O4S/c1-2-38-32(42)30(20-24-11-5-3-6-12-24)39(22-25-13-9-15-27(34)19-25)31(41)23-40(45(43,44)29-17-7-4-8-18-29)28-16-10-14-26(21-28)33(35,36)37/h3-19,21,30H,2,20,22-23H2,1H3,(H,38,42). The van der Waals surface area contributed by atoms with Gasteiger partial charge in [0.05, 0.1) is 16.1 Å². The zero-order valence-electron chi connectivity index (χ0n) is 24.2. The van der Waals surface area contributed by atoms with Gasteiger partial charge in [0, 0.05) is 24.5 Å². The number of likely N-dealkylation sites (N-methyl/N-ethyl adjacent to an activating group) is 1. The molecule has 7 nitrogen and oxygen atoms in total. The summed E-state index contributed by atoms with van der Waals surface area (Å²) < 4.78 is 69.6. The van der Waals surface area contributed by atoms with Crippen molar-refractivity contribution in [2.75, 3.05) is 17.4 Å². The Morgan fingerprint density at radius 3 is 2.09 bits per heavy atom. The van der Waals surface area contributed by atoms with Gasteiger partial charge in [-0.05, 0) is 60.5 Å². The molecule has 2 amide bonds. The molecule has 0 aromatic heterocycles. The number of nitrogens with one attached hydrogen (secondary N) is 1. The number of anilines is 1. The van der Waals surface area contributed by atoms with E-state index in [9.17, 15) is 31.2 Å². The minimum Gasteiger partial charge on any atom is -0.355 e. The van der Waals surface area contributed by atoms with Crippen molar-refractivity contribution >= 4 is 39.1 Å². The molecule has 1 atom stereocenters. The minimum absolute atomic E-state index is 0.0912. The van der Waals surface area contributed by atoms with Gasteiger partial charge in [0.2, 0.25) is 11.8 Å². The van der Waals surface area contributed by atoms with Crippen molar-refractivity contribution in [3.63, 3.8) is 0 Å². The van der Waals surface area contributed by atoms with Gasteiger partial charge in [-0.2, -0.15) is 13.2 Å². The van der Waals surface area contributed by atoms with Crippen LogP contribution in [0.5, 0.6) is 0 Å². The van der Waals surface area contributed by atoms with Crippen LogP contribution in [0.15, 0.2) is 114 Å². The zero-order chi connectivity index (χ0) is 32.6. The number of benzene rings is 4. The van der Waals surface area contributed by atoms with Gasteiger partial charge < -0.3 is 10.2 Å². The van der Waals surface area contributed by atoms with Crippen molar-refractivity contribution in [2.45, 2.75) is 37.0 Å². The number of sulfonamides is 1. The molecule has 12 heteroatoms. The summed E-state index contributed by atoms with van der Waals surface area (Å²) in [5.41, 5.74) is -0.137. The molecular formula is C33H31ClF3N3O4S. The molecule has 1 unspecified atom stereocenters. The molecule has 0 spiro atoms. The van der Waals surface area contributed by atoms with E-state index in [0.717, 1.165) is 17.7 Å². The molecule has 0 fully saturated rings. The van der Waals surface area contributed by atoms with E-state index in [1.165, 1.54) is 35.2 Å². The summed E-state index contributed by atoms with van der Waals surface area (Å²) in [6.07, 6.45) is -4.67. The molecule has 1 N–H and O–H groups in total. The van der Waals surface area contributed by atoms with E-state index in [0.29, 0.717) is 21.0 Å². The van der Waals surface area contributed by atoms with Crippen molar-refractivity contribution in [3.05, 3.63) is 131 Å². The first-order valence-corrected chi connectivity index (χ1v) is 15.8. The third-order valence-corrected chi connectivity index (χ3v) is 8.96. The maximum atomic E-state index is 14.3. The topological polar surface area (TPSA) is 86.8 Å². The van der Waals surface area contributed by atoms with Crippen LogP contribution in [0.1, 0.15) is 23.6 Å². The van der Waals surface area contributed by atoms with E-state index in [1.54, 1.807) is 67.6 Å². The molecule has 0 aliphatic rings. The maximum absolute atomic E-state index is 14.3. The fraction of sp³-hybridized carbons (Fsp3) is 0.212. The molecule has 4 aromatic rings. The van der Waals surface area contributed by atoms with Crippen molar-refractivity contribution in [1.82, 2.24) is 10.2 Å². The largest absolute Gasteiger partial charge is 0.416 e. The molecule has 0 aliphatic heterocycles. The van der Waals surface area contributed by atoms with E-state index in [1.807, 2.05) is 0 Å². The summed E-state index contributed by atoms with van der Waals surface area (Å²) in [6, 6.07) is 25.4. The van der Waals surface area contributed by atoms with Gasteiger partial charge in [0.15, 0.2) is 0 Å². The van der Waals surface area contributed by atoms with Gasteiger partial charge in [-0.25, -0.2) is 8.42 Å². The lowest BCUT2D eigenvalue weighted by atomic mass is 10.0. The highest BCUT2D eigenvalue weighted by atomic mass is 35.5. The van der Waals surface area contributed by atoms with Crippen LogP contribution in [-0.4, -0.2) is 44.3 Å². The Balaban J connectivity index is 1.83. The molecule has 0 radical (unpaired) electrons. The first-order valence-electron chi connectivity index (χ1n) is 14.0. The molecule has 0 saturated heterocycles. The number of alkyl halides is 3. The average molecular weight is 658 g/mol. The van der Waals surface area contributed by atoms with Crippen LogP contribution in [0.25, 0.3) is 0 Å². The second-order valence-corrected chi connectivity index (χ2v) is 12.4. The highest BCUT2D eigenvalue weighted by Crippen LogP contribution is 2.33. The Hall–Kier alpha value is -4.35. The second-order valence-electron chi connectivity index (χ2n) is 10.1. The molecule has 0 bridgehead atoms. The summed E-state index contributed by atoms with van der Waals surface area (Å²) in [5.74, 6) is -1.28. The van der Waals surface area contributed by atoms with Crippen molar-refractivity contribution < 1.29 is 31.2 Å². The SMILES string of the molecule is CCNC(=O)C(Cc1ccccc1)N(Cc1cccc(Cl)c1)C(=O)CN(c1cccc(C(F)(F)F)c1)S(=O)(=O)c1ccccc1. The zero-order valence-corrected chi connectivity index (χ0v) is 25.8. The molecule has 0 saturated carbocycles. The van der Waals surface area contributed by atoms with E-state index >= 15 is 0 Å². The van der Waals surface area contributed by atoms with Crippen LogP contribution >= 0.6 is 11.6 Å². The number of amides is 2. The molecular weight excluding hydrogens is 627 g/mol. The van der Waals surface area contributed by atoms with Crippen molar-refractivity contribution in [3.8, 4) is 0 Å². The monoisotopic (exact) mass is 657 g/mol. The van der Waals surface area contributed by atoms with Gasteiger partial charge in [0.1, 0.15) is 12.6 Å². The third-order valence-electron chi connectivity index (χ3n) is 6.94. The lowest BCUT2D eigenvalue weighted by molar-refractivity contribution is -0.140. The first kappa shape index (κ1) is 33.5. The fourth-order valence-electron chi connectivity index (χ4n) is 4.76. The molecule has 0 aliphatic carbocycles. The van der Waals surface area contributed by atoms with Gasteiger partial charge in [-0.15, -0.1) is 0 Å². The minimum atomic E-state index is -4.76. The van der Waals surface area contributed by atoms with Crippen LogP contribution in [-0.2, 0) is 38.8 Å². The number of nitrogens with zero attached hydrogens (tertiary/aromatic N) is 2. The Morgan fingerprint density at radius 1 is 0.844 bits per heavy atom.